The van der Waals surface area contributed by atoms with Crippen LogP contribution in [0.2, 0.25) is 5.02 Å². The lowest BCUT2D eigenvalue weighted by Crippen LogP contribution is -1.85. The molecule has 2 aromatic carbocycles. The molecule has 90 valence electrons. The Morgan fingerprint density at radius 2 is 2.00 bits per heavy atom. The van der Waals surface area contributed by atoms with Crippen LogP contribution in [0, 0.1) is 11.3 Å². The van der Waals surface area contributed by atoms with Gasteiger partial charge in [0.2, 0.25) is 0 Å². The maximum Gasteiger partial charge on any atom is 0.100 e. The zero-order valence-electron chi connectivity index (χ0n) is 9.36. The van der Waals surface area contributed by atoms with Gasteiger partial charge < -0.3 is 0 Å². The Labute approximate surface area is 124 Å². The molecule has 2 rings (SSSR count). The SMILES string of the molecule is N#Cc1cc(Br)ccc1SCc1ccccc1Cl. The monoisotopic (exact) mass is 337 g/mol. The number of rotatable bonds is 3. The van der Waals surface area contributed by atoms with Gasteiger partial charge in [0, 0.05) is 20.1 Å². The molecule has 4 heteroatoms. The number of benzene rings is 2. The smallest absolute Gasteiger partial charge is 0.100 e. The summed E-state index contributed by atoms with van der Waals surface area (Å²) in [6, 6.07) is 15.7. The van der Waals surface area contributed by atoms with E-state index >= 15 is 0 Å². The third kappa shape index (κ3) is 3.29. The fourth-order valence-electron chi connectivity index (χ4n) is 1.49. The van der Waals surface area contributed by atoms with E-state index in [1.807, 2.05) is 42.5 Å². The molecule has 18 heavy (non-hydrogen) atoms. The van der Waals surface area contributed by atoms with Gasteiger partial charge in [0.15, 0.2) is 0 Å². The lowest BCUT2D eigenvalue weighted by atomic mass is 10.2. The first kappa shape index (κ1) is 13.5. The standard InChI is InChI=1S/C14H9BrClNS/c15-12-5-6-14(11(7-12)8-17)18-9-10-3-1-2-4-13(10)16/h1-7H,9H2. The summed E-state index contributed by atoms with van der Waals surface area (Å²) < 4.78 is 0.918. The van der Waals surface area contributed by atoms with Crippen molar-refractivity contribution in [2.45, 2.75) is 10.6 Å². The Kier molecular flexibility index (Phi) is 4.71. The highest BCUT2D eigenvalue weighted by molar-refractivity contribution is 9.10. The number of halogens is 2. The molecular weight excluding hydrogens is 330 g/mol. The minimum Gasteiger partial charge on any atom is -0.192 e. The molecule has 0 saturated heterocycles. The zero-order valence-corrected chi connectivity index (χ0v) is 12.5. The third-order valence-electron chi connectivity index (χ3n) is 2.40. The molecule has 0 aromatic heterocycles. The molecule has 2 aromatic rings. The van der Waals surface area contributed by atoms with Crippen LogP contribution in [0.5, 0.6) is 0 Å². The molecule has 0 spiro atoms. The summed E-state index contributed by atoms with van der Waals surface area (Å²) in [6.07, 6.45) is 0. The topological polar surface area (TPSA) is 23.8 Å². The predicted molar refractivity (Wildman–Crippen MR) is 79.9 cm³/mol. The van der Waals surface area contributed by atoms with Crippen LogP contribution in [0.25, 0.3) is 0 Å². The van der Waals surface area contributed by atoms with Gasteiger partial charge in [0.05, 0.1) is 5.56 Å². The first-order valence-corrected chi connectivity index (χ1v) is 7.42. The van der Waals surface area contributed by atoms with Crippen molar-refractivity contribution in [3.8, 4) is 6.07 Å². The van der Waals surface area contributed by atoms with Crippen LogP contribution in [0.4, 0.5) is 0 Å². The van der Waals surface area contributed by atoms with E-state index in [-0.39, 0.29) is 0 Å². The zero-order chi connectivity index (χ0) is 13.0. The quantitative estimate of drug-likeness (QED) is 0.712. The summed E-state index contributed by atoms with van der Waals surface area (Å²) in [5.74, 6) is 0.760. The van der Waals surface area contributed by atoms with Crippen LogP contribution in [-0.4, -0.2) is 0 Å². The molecule has 0 amide bonds. The van der Waals surface area contributed by atoms with E-state index in [1.54, 1.807) is 11.8 Å². The van der Waals surface area contributed by atoms with Crippen molar-refractivity contribution in [2.24, 2.45) is 0 Å². The van der Waals surface area contributed by atoms with Crippen molar-refractivity contribution < 1.29 is 0 Å². The van der Waals surface area contributed by atoms with Gasteiger partial charge in [-0.2, -0.15) is 5.26 Å². The van der Waals surface area contributed by atoms with E-state index in [4.69, 9.17) is 16.9 Å². The Morgan fingerprint density at radius 1 is 1.22 bits per heavy atom. The molecule has 0 fully saturated rings. The number of nitriles is 1. The highest BCUT2D eigenvalue weighted by Crippen LogP contribution is 2.30. The van der Waals surface area contributed by atoms with Crippen molar-refractivity contribution in [3.05, 3.63) is 63.1 Å². The largest absolute Gasteiger partial charge is 0.192 e. The van der Waals surface area contributed by atoms with Crippen LogP contribution < -0.4 is 0 Å². The summed E-state index contributed by atoms with van der Waals surface area (Å²) in [5, 5.41) is 9.85. The summed E-state index contributed by atoms with van der Waals surface area (Å²) >= 11 is 11.1. The van der Waals surface area contributed by atoms with Gasteiger partial charge in [0.1, 0.15) is 6.07 Å². The minimum atomic E-state index is 0.682. The summed E-state index contributed by atoms with van der Waals surface area (Å²) in [4.78, 5) is 0.973. The van der Waals surface area contributed by atoms with Crippen molar-refractivity contribution >= 4 is 39.3 Å². The average molecular weight is 339 g/mol. The molecule has 0 bridgehead atoms. The van der Waals surface area contributed by atoms with Crippen molar-refractivity contribution in [1.29, 1.82) is 5.26 Å². The highest BCUT2D eigenvalue weighted by atomic mass is 79.9. The molecule has 0 aliphatic rings. The van der Waals surface area contributed by atoms with Gasteiger partial charge in [-0.1, -0.05) is 45.7 Å². The summed E-state index contributed by atoms with van der Waals surface area (Å²) in [5.41, 5.74) is 1.76. The van der Waals surface area contributed by atoms with Crippen LogP contribution in [0.15, 0.2) is 51.8 Å². The Bertz CT molecular complexity index is 607. The molecule has 0 radical (unpaired) electrons. The molecule has 0 saturated carbocycles. The van der Waals surface area contributed by atoms with Crippen LogP contribution >= 0.6 is 39.3 Å². The van der Waals surface area contributed by atoms with Crippen molar-refractivity contribution in [1.82, 2.24) is 0 Å². The van der Waals surface area contributed by atoms with E-state index in [2.05, 4.69) is 22.0 Å². The predicted octanol–water partition coefficient (Wildman–Crippen LogP) is 5.27. The highest BCUT2D eigenvalue weighted by Gasteiger charge is 2.05. The third-order valence-corrected chi connectivity index (χ3v) is 4.39. The minimum absolute atomic E-state index is 0.682. The van der Waals surface area contributed by atoms with Gasteiger partial charge in [-0.15, -0.1) is 11.8 Å². The van der Waals surface area contributed by atoms with Gasteiger partial charge in [-0.25, -0.2) is 0 Å². The second-order valence-electron chi connectivity index (χ2n) is 3.63. The van der Waals surface area contributed by atoms with Crippen LogP contribution in [-0.2, 0) is 5.75 Å². The van der Waals surface area contributed by atoms with Gasteiger partial charge in [-0.05, 0) is 29.8 Å². The molecule has 1 nitrogen and oxygen atoms in total. The Hall–Kier alpha value is -0.950. The second kappa shape index (κ2) is 6.29. The Balaban J connectivity index is 2.16. The van der Waals surface area contributed by atoms with Gasteiger partial charge in [0.25, 0.3) is 0 Å². The average Bonchev–Trinajstić information content (AvgIpc) is 2.39. The van der Waals surface area contributed by atoms with E-state index < -0.39 is 0 Å². The van der Waals surface area contributed by atoms with Crippen LogP contribution in [0.3, 0.4) is 0 Å². The fourth-order valence-corrected chi connectivity index (χ4v) is 3.12. The van der Waals surface area contributed by atoms with Gasteiger partial charge in [-0.3, -0.25) is 0 Å². The maximum absolute atomic E-state index is 9.08. The van der Waals surface area contributed by atoms with Crippen molar-refractivity contribution in [2.75, 3.05) is 0 Å². The summed E-state index contributed by atoms with van der Waals surface area (Å²) in [7, 11) is 0. The van der Waals surface area contributed by atoms with Crippen LogP contribution in [0.1, 0.15) is 11.1 Å². The molecule has 0 aliphatic carbocycles. The van der Waals surface area contributed by atoms with E-state index in [0.29, 0.717) is 5.56 Å². The molecular formula is C14H9BrClNS. The van der Waals surface area contributed by atoms with E-state index in [1.165, 1.54) is 0 Å². The molecule has 0 atom stereocenters. The number of thioether (sulfide) groups is 1. The Morgan fingerprint density at radius 3 is 2.72 bits per heavy atom. The molecule has 0 unspecified atom stereocenters. The normalized spacial score (nSPS) is 10.1. The number of hydrogen-bond acceptors (Lipinski definition) is 2. The molecule has 0 aliphatic heterocycles. The summed E-state index contributed by atoms with van der Waals surface area (Å²) in [6.45, 7) is 0. The van der Waals surface area contributed by atoms with E-state index in [9.17, 15) is 0 Å². The number of nitrogens with zero attached hydrogens (tertiary/aromatic N) is 1. The lowest BCUT2D eigenvalue weighted by molar-refractivity contribution is 1.33. The van der Waals surface area contributed by atoms with Gasteiger partial charge >= 0.3 is 0 Å². The lowest BCUT2D eigenvalue weighted by Gasteiger charge is -2.06. The number of hydrogen-bond donors (Lipinski definition) is 0. The molecule has 0 N–H and O–H groups in total. The molecule has 0 heterocycles. The maximum atomic E-state index is 9.08. The van der Waals surface area contributed by atoms with E-state index in [0.717, 1.165) is 25.7 Å². The second-order valence-corrected chi connectivity index (χ2v) is 5.97. The first-order chi connectivity index (χ1) is 8.70. The van der Waals surface area contributed by atoms with Crippen molar-refractivity contribution in [3.63, 3.8) is 0 Å². The fraction of sp³-hybridized carbons (Fsp3) is 0.0714. The first-order valence-electron chi connectivity index (χ1n) is 5.26.